The third-order valence-corrected chi connectivity index (χ3v) is 4.03. The highest BCUT2D eigenvalue weighted by atomic mass is 79.9. The Bertz CT molecular complexity index is 420. The molecule has 100 valence electrons. The van der Waals surface area contributed by atoms with Gasteiger partial charge in [0.2, 0.25) is 0 Å². The second-order valence-electron chi connectivity index (χ2n) is 4.71. The summed E-state index contributed by atoms with van der Waals surface area (Å²) in [4.78, 5) is 2.21. The molecular formula is C13H18BrFN2O. The number of ether oxygens (including phenoxy) is 1. The van der Waals surface area contributed by atoms with Crippen LogP contribution < -0.4 is 10.6 Å². The summed E-state index contributed by atoms with van der Waals surface area (Å²) in [5.74, 6) is 0.307. The van der Waals surface area contributed by atoms with Crippen LogP contribution in [0.2, 0.25) is 0 Å². The summed E-state index contributed by atoms with van der Waals surface area (Å²) in [5.41, 5.74) is 7.30. The Morgan fingerprint density at radius 2 is 2.11 bits per heavy atom. The molecule has 0 amide bonds. The number of nitrogens with zero attached hydrogens (tertiary/aromatic N) is 1. The third kappa shape index (κ3) is 2.95. The van der Waals surface area contributed by atoms with Gasteiger partial charge in [-0.1, -0.05) is 0 Å². The van der Waals surface area contributed by atoms with Crippen LogP contribution in [0, 0.1) is 11.7 Å². The van der Waals surface area contributed by atoms with Crippen molar-refractivity contribution in [3.63, 3.8) is 0 Å². The molecule has 0 atom stereocenters. The van der Waals surface area contributed by atoms with Gasteiger partial charge in [-0.15, -0.1) is 0 Å². The number of benzene rings is 1. The Morgan fingerprint density at radius 1 is 1.44 bits per heavy atom. The fourth-order valence-electron chi connectivity index (χ4n) is 2.40. The zero-order valence-electron chi connectivity index (χ0n) is 10.5. The minimum Gasteiger partial charge on any atom is -0.397 e. The first kappa shape index (κ1) is 13.6. The number of hydrogen-bond donors (Lipinski definition) is 1. The molecule has 0 radical (unpaired) electrons. The molecule has 1 fully saturated rings. The lowest BCUT2D eigenvalue weighted by atomic mass is 9.97. The van der Waals surface area contributed by atoms with E-state index in [2.05, 4.69) is 20.8 Å². The van der Waals surface area contributed by atoms with Crippen LogP contribution in [0.15, 0.2) is 16.6 Å². The number of rotatable bonds is 3. The Morgan fingerprint density at radius 3 is 2.72 bits per heavy atom. The van der Waals surface area contributed by atoms with Gasteiger partial charge < -0.3 is 15.4 Å². The van der Waals surface area contributed by atoms with Gasteiger partial charge in [-0.25, -0.2) is 4.39 Å². The van der Waals surface area contributed by atoms with Crippen molar-refractivity contribution in [1.29, 1.82) is 0 Å². The molecule has 0 aromatic heterocycles. The van der Waals surface area contributed by atoms with Crippen molar-refractivity contribution >= 4 is 27.3 Å². The van der Waals surface area contributed by atoms with Gasteiger partial charge in [0.25, 0.3) is 0 Å². The minimum absolute atomic E-state index is 0.314. The highest BCUT2D eigenvalue weighted by molar-refractivity contribution is 9.10. The Hall–Kier alpha value is -0.810. The number of nitrogen functional groups attached to an aromatic ring is 1. The van der Waals surface area contributed by atoms with Crippen molar-refractivity contribution in [3.05, 3.63) is 22.4 Å². The summed E-state index contributed by atoms with van der Waals surface area (Å²) < 4.78 is 19.0. The van der Waals surface area contributed by atoms with E-state index in [4.69, 9.17) is 10.5 Å². The molecule has 5 heteroatoms. The number of anilines is 2. The molecule has 0 unspecified atom stereocenters. The van der Waals surface area contributed by atoms with Gasteiger partial charge >= 0.3 is 0 Å². The quantitative estimate of drug-likeness (QED) is 0.871. The SMILES string of the molecule is COCC1CCN(c2cc(Br)c(F)cc2N)CC1. The van der Waals surface area contributed by atoms with Crippen LogP contribution >= 0.6 is 15.9 Å². The number of piperidine rings is 1. The predicted octanol–water partition coefficient (Wildman–Crippen LogP) is 3.03. The van der Waals surface area contributed by atoms with E-state index in [0.29, 0.717) is 16.1 Å². The fourth-order valence-corrected chi connectivity index (χ4v) is 2.73. The average molecular weight is 317 g/mol. The first-order chi connectivity index (χ1) is 8.61. The smallest absolute Gasteiger partial charge is 0.139 e. The molecule has 3 nitrogen and oxygen atoms in total. The van der Waals surface area contributed by atoms with E-state index < -0.39 is 0 Å². The second kappa shape index (κ2) is 5.89. The van der Waals surface area contributed by atoms with Crippen molar-refractivity contribution in [1.82, 2.24) is 0 Å². The van der Waals surface area contributed by atoms with Gasteiger partial charge in [-0.05, 0) is 40.8 Å². The summed E-state index contributed by atoms with van der Waals surface area (Å²) in [7, 11) is 1.74. The van der Waals surface area contributed by atoms with Crippen molar-refractivity contribution < 1.29 is 9.13 Å². The molecule has 2 N–H and O–H groups in total. The standard InChI is InChI=1S/C13H18BrFN2O/c1-18-8-9-2-4-17(5-3-9)13-6-10(14)11(15)7-12(13)16/h6-7,9H,2-5,8,16H2,1H3. The molecule has 0 bridgehead atoms. The van der Waals surface area contributed by atoms with Gasteiger partial charge in [0.15, 0.2) is 0 Å². The number of hydrogen-bond acceptors (Lipinski definition) is 3. The lowest BCUT2D eigenvalue weighted by Crippen LogP contribution is -2.35. The molecule has 18 heavy (non-hydrogen) atoms. The van der Waals surface area contributed by atoms with E-state index in [9.17, 15) is 4.39 Å². The summed E-state index contributed by atoms with van der Waals surface area (Å²) in [6.07, 6.45) is 2.17. The summed E-state index contributed by atoms with van der Waals surface area (Å²) in [6, 6.07) is 3.14. The van der Waals surface area contributed by atoms with E-state index in [1.54, 1.807) is 13.2 Å². The molecule has 1 aliphatic heterocycles. The van der Waals surface area contributed by atoms with Crippen molar-refractivity contribution in [3.8, 4) is 0 Å². The number of halogens is 2. The van der Waals surface area contributed by atoms with E-state index in [0.717, 1.165) is 38.2 Å². The van der Waals surface area contributed by atoms with Crippen LogP contribution in [0.1, 0.15) is 12.8 Å². The molecule has 0 aliphatic carbocycles. The molecule has 1 heterocycles. The van der Waals surface area contributed by atoms with Crippen LogP contribution in [-0.2, 0) is 4.74 Å². The van der Waals surface area contributed by atoms with Crippen molar-refractivity contribution in [2.24, 2.45) is 5.92 Å². The van der Waals surface area contributed by atoms with Gasteiger partial charge in [0.05, 0.1) is 15.8 Å². The fraction of sp³-hybridized carbons (Fsp3) is 0.538. The molecule has 0 spiro atoms. The molecule has 1 aromatic carbocycles. The summed E-state index contributed by atoms with van der Waals surface area (Å²) >= 11 is 3.21. The Labute approximate surface area is 115 Å². The highest BCUT2D eigenvalue weighted by Crippen LogP contribution is 2.32. The lowest BCUT2D eigenvalue weighted by molar-refractivity contribution is 0.139. The first-order valence-electron chi connectivity index (χ1n) is 6.10. The van der Waals surface area contributed by atoms with E-state index >= 15 is 0 Å². The maximum Gasteiger partial charge on any atom is 0.139 e. The third-order valence-electron chi connectivity index (χ3n) is 3.43. The van der Waals surface area contributed by atoms with Crippen LogP contribution in [0.3, 0.4) is 0 Å². The van der Waals surface area contributed by atoms with Gasteiger partial charge in [-0.3, -0.25) is 0 Å². The molecule has 0 saturated carbocycles. The Balaban J connectivity index is 2.07. The topological polar surface area (TPSA) is 38.5 Å². The monoisotopic (exact) mass is 316 g/mol. The zero-order valence-corrected chi connectivity index (χ0v) is 12.0. The van der Waals surface area contributed by atoms with Crippen molar-refractivity contribution in [2.45, 2.75) is 12.8 Å². The lowest BCUT2D eigenvalue weighted by Gasteiger charge is -2.34. The van der Waals surface area contributed by atoms with E-state index in [-0.39, 0.29) is 5.82 Å². The van der Waals surface area contributed by atoms with Gasteiger partial charge in [0, 0.05) is 32.9 Å². The van der Waals surface area contributed by atoms with Crippen LogP contribution in [0.4, 0.5) is 15.8 Å². The first-order valence-corrected chi connectivity index (χ1v) is 6.89. The van der Waals surface area contributed by atoms with Crippen LogP contribution in [0.25, 0.3) is 0 Å². The summed E-state index contributed by atoms with van der Waals surface area (Å²) in [6.45, 7) is 2.70. The molecular weight excluding hydrogens is 299 g/mol. The average Bonchev–Trinajstić information content (AvgIpc) is 2.35. The van der Waals surface area contributed by atoms with Gasteiger partial charge in [0.1, 0.15) is 5.82 Å². The second-order valence-corrected chi connectivity index (χ2v) is 5.57. The van der Waals surface area contributed by atoms with Crippen LogP contribution in [-0.4, -0.2) is 26.8 Å². The normalized spacial score (nSPS) is 17.2. The number of nitrogens with two attached hydrogens (primary N) is 1. The van der Waals surface area contributed by atoms with E-state index in [1.807, 2.05) is 0 Å². The van der Waals surface area contributed by atoms with Gasteiger partial charge in [-0.2, -0.15) is 0 Å². The van der Waals surface area contributed by atoms with Crippen LogP contribution in [0.5, 0.6) is 0 Å². The largest absolute Gasteiger partial charge is 0.397 e. The maximum atomic E-state index is 13.3. The maximum absolute atomic E-state index is 13.3. The number of methoxy groups -OCH3 is 1. The highest BCUT2D eigenvalue weighted by Gasteiger charge is 2.21. The predicted molar refractivity (Wildman–Crippen MR) is 75.3 cm³/mol. The molecule has 1 aliphatic rings. The van der Waals surface area contributed by atoms with Crippen molar-refractivity contribution in [2.75, 3.05) is 37.4 Å². The summed E-state index contributed by atoms with van der Waals surface area (Å²) in [5, 5.41) is 0. The molecule has 1 aromatic rings. The minimum atomic E-state index is -0.314. The zero-order chi connectivity index (χ0) is 13.1. The van der Waals surface area contributed by atoms with E-state index in [1.165, 1.54) is 6.07 Å². The molecule has 1 saturated heterocycles. The Kier molecular flexibility index (Phi) is 4.45. The molecule has 2 rings (SSSR count).